The molecule has 26 heteroatoms. The number of hydrogen-bond acceptors (Lipinski definition) is 18. The molecule has 0 aliphatic carbocycles. The van der Waals surface area contributed by atoms with Crippen molar-refractivity contribution in [1.82, 2.24) is 39.0 Å². The van der Waals surface area contributed by atoms with Crippen molar-refractivity contribution in [2.75, 3.05) is 24.7 Å². The first-order chi connectivity index (χ1) is 21.6. The lowest BCUT2D eigenvalue weighted by Gasteiger charge is -2.21. The number of anilines is 2. The average Bonchev–Trinajstić information content (AvgIpc) is 3.74. The van der Waals surface area contributed by atoms with Crippen molar-refractivity contribution in [1.29, 1.82) is 0 Å². The van der Waals surface area contributed by atoms with E-state index in [4.69, 9.17) is 40.5 Å². The number of nitrogen functional groups attached to an aromatic ring is 2. The molecule has 0 unspecified atom stereocenters. The normalized spacial score (nSPS) is 28.5. The topological polar surface area (TPSA) is 372 Å². The number of fused-ring (bicyclic) bond motifs is 2. The number of imidazole rings is 2. The monoisotopic (exact) mass is 694 g/mol. The fourth-order valence-electron chi connectivity index (χ4n) is 4.86. The Morgan fingerprint density at radius 2 is 1.15 bits per heavy atom. The highest BCUT2D eigenvalue weighted by Crippen LogP contribution is 2.46. The van der Waals surface area contributed by atoms with Crippen molar-refractivity contribution < 1.29 is 67.7 Å². The molecule has 0 spiro atoms. The minimum absolute atomic E-state index is 0.110. The molecule has 46 heavy (non-hydrogen) atoms. The Kier molecular flexibility index (Phi) is 9.66. The van der Waals surface area contributed by atoms with Crippen LogP contribution in [0.5, 0.6) is 0 Å². The van der Waals surface area contributed by atoms with Crippen molar-refractivity contribution in [2.45, 2.75) is 49.1 Å². The maximum Gasteiger partial charge on any atom is 0.470 e. The van der Waals surface area contributed by atoms with Crippen molar-refractivity contribution in [3.05, 3.63) is 25.3 Å². The number of phosphoric ester groups is 2. The van der Waals surface area contributed by atoms with Crippen LogP contribution < -0.4 is 11.5 Å². The number of hydrogen-bond donors (Lipinski definition) is 10. The van der Waals surface area contributed by atoms with Crippen LogP contribution >= 0.6 is 15.6 Å². The van der Waals surface area contributed by atoms with Gasteiger partial charge in [0.2, 0.25) is 0 Å². The zero-order chi connectivity index (χ0) is 33.6. The van der Waals surface area contributed by atoms with Gasteiger partial charge < -0.3 is 60.9 Å². The third-order valence-electron chi connectivity index (χ3n) is 6.82. The first kappa shape index (κ1) is 34.0. The molecule has 0 radical (unpaired) electrons. The van der Waals surface area contributed by atoms with Gasteiger partial charge in [-0.15, -0.1) is 0 Å². The van der Waals surface area contributed by atoms with Crippen LogP contribution in [0.2, 0.25) is 0 Å². The molecule has 2 fully saturated rings. The first-order valence-corrected chi connectivity index (χ1v) is 15.9. The number of phosphoric acid groups is 2. The summed E-state index contributed by atoms with van der Waals surface area (Å²) in [5, 5.41) is 38.9. The van der Waals surface area contributed by atoms with E-state index in [9.17, 15) is 29.6 Å². The zero-order valence-corrected chi connectivity index (χ0v) is 24.8. The number of aliphatic hydroxyl groups is 4. The molecule has 2 aliphatic rings. The minimum Gasteiger partial charge on any atom is -0.394 e. The van der Waals surface area contributed by atoms with E-state index in [2.05, 4.69) is 39.0 Å². The van der Waals surface area contributed by atoms with Gasteiger partial charge in [0.15, 0.2) is 35.4 Å². The van der Waals surface area contributed by atoms with Crippen molar-refractivity contribution in [3.63, 3.8) is 0 Å². The Balaban J connectivity index is 0.000000181. The summed E-state index contributed by atoms with van der Waals surface area (Å²) < 4.78 is 44.8. The van der Waals surface area contributed by atoms with Crippen LogP contribution in [0.4, 0.5) is 11.6 Å². The maximum atomic E-state index is 11.1. The SMILES string of the molecule is Nc1ncnc2c1ncn2[C@@H]1O[C@H](CO)[C@@H](O)[C@H]1OP(=O)(O)O.Nc1ncnc2c1ncn2[C@@H]1O[C@H](CO)[C@@H](OP(=O)(O)O)[C@H]1O. The smallest absolute Gasteiger partial charge is 0.394 e. The predicted octanol–water partition coefficient (Wildman–Crippen LogP) is -3.73. The second-order valence-electron chi connectivity index (χ2n) is 9.76. The third kappa shape index (κ3) is 6.85. The summed E-state index contributed by atoms with van der Waals surface area (Å²) in [6.07, 6.45) is -5.40. The molecule has 252 valence electrons. The minimum atomic E-state index is -4.91. The molecule has 0 saturated carbocycles. The van der Waals surface area contributed by atoms with Crippen LogP contribution in [0.3, 0.4) is 0 Å². The first-order valence-electron chi connectivity index (χ1n) is 12.9. The van der Waals surface area contributed by atoms with E-state index in [1.54, 1.807) is 0 Å². The Morgan fingerprint density at radius 1 is 0.696 bits per heavy atom. The van der Waals surface area contributed by atoms with Gasteiger partial charge in [-0.3, -0.25) is 18.2 Å². The molecule has 2 aliphatic heterocycles. The number of ether oxygens (including phenoxy) is 2. The molecule has 12 N–H and O–H groups in total. The lowest BCUT2D eigenvalue weighted by molar-refractivity contribution is -0.0509. The Morgan fingerprint density at radius 3 is 1.63 bits per heavy atom. The highest BCUT2D eigenvalue weighted by atomic mass is 31.2. The molecule has 8 atom stereocenters. The van der Waals surface area contributed by atoms with E-state index in [-0.39, 0.29) is 34.0 Å². The standard InChI is InChI=1S/2C10H14N5O7P/c11-8-5-9(13-2-12-8)15(3-14-5)10-6(17)7(4(1-16)21-10)22-23(18,19)20;11-8-5-9(13-2-12-8)15(3-14-5)10-7(22-23(18,19)20)6(17)4(1-16)21-10/h2*2-4,6-7,10,16-17H,1H2,(H2,11,12,13)(H2,18,19,20)/t2*4-,6-,7-,10-/m11/s1. The van der Waals surface area contributed by atoms with Gasteiger partial charge in [0.25, 0.3) is 0 Å². The number of aromatic nitrogens is 8. The Bertz CT molecular complexity index is 1780. The molecule has 0 bridgehead atoms. The highest BCUT2D eigenvalue weighted by Gasteiger charge is 2.49. The van der Waals surface area contributed by atoms with E-state index in [0.29, 0.717) is 0 Å². The molecular formula is C20H28N10O14P2. The molecule has 24 nitrogen and oxygen atoms in total. The summed E-state index contributed by atoms with van der Waals surface area (Å²) in [7, 11) is -9.79. The fourth-order valence-corrected chi connectivity index (χ4v) is 5.99. The van der Waals surface area contributed by atoms with Gasteiger partial charge >= 0.3 is 15.6 Å². The van der Waals surface area contributed by atoms with E-state index >= 15 is 0 Å². The van der Waals surface area contributed by atoms with Gasteiger partial charge in [-0.1, -0.05) is 0 Å². The summed E-state index contributed by atoms with van der Waals surface area (Å²) in [6.45, 7) is -1.18. The summed E-state index contributed by atoms with van der Waals surface area (Å²) in [5.41, 5.74) is 12.4. The summed E-state index contributed by atoms with van der Waals surface area (Å²) >= 11 is 0. The largest absolute Gasteiger partial charge is 0.470 e. The van der Waals surface area contributed by atoms with E-state index < -0.39 is 77.9 Å². The third-order valence-corrected chi connectivity index (χ3v) is 7.86. The van der Waals surface area contributed by atoms with Crippen LogP contribution in [0.15, 0.2) is 25.3 Å². The van der Waals surface area contributed by atoms with E-state index in [0.717, 1.165) is 0 Å². The van der Waals surface area contributed by atoms with Crippen molar-refractivity contribution in [2.24, 2.45) is 0 Å². The average molecular weight is 694 g/mol. The second kappa shape index (κ2) is 13.1. The molecule has 0 amide bonds. The molecule has 4 aromatic heterocycles. The van der Waals surface area contributed by atoms with Gasteiger partial charge in [0.05, 0.1) is 25.9 Å². The van der Waals surface area contributed by atoms with Crippen LogP contribution in [-0.2, 0) is 27.7 Å². The predicted molar refractivity (Wildman–Crippen MR) is 147 cm³/mol. The lowest BCUT2D eigenvalue weighted by Crippen LogP contribution is -2.35. The number of nitrogens with zero attached hydrogens (tertiary/aromatic N) is 8. The van der Waals surface area contributed by atoms with Crippen LogP contribution in [-0.4, -0.2) is 129 Å². The van der Waals surface area contributed by atoms with Crippen molar-refractivity contribution in [3.8, 4) is 0 Å². The molecular weight excluding hydrogens is 666 g/mol. The lowest BCUT2D eigenvalue weighted by atomic mass is 10.1. The zero-order valence-electron chi connectivity index (χ0n) is 23.0. The maximum absolute atomic E-state index is 11.1. The summed E-state index contributed by atoms with van der Waals surface area (Å²) in [5.74, 6) is 0.237. The van der Waals surface area contributed by atoms with Gasteiger partial charge in [-0.05, 0) is 0 Å². The van der Waals surface area contributed by atoms with Crippen LogP contribution in [0, 0.1) is 0 Å². The summed E-state index contributed by atoms with van der Waals surface area (Å²) in [6, 6.07) is 0. The van der Waals surface area contributed by atoms with Crippen molar-refractivity contribution >= 4 is 49.6 Å². The molecule has 4 aromatic rings. The molecule has 0 aromatic carbocycles. The molecule has 2 saturated heterocycles. The van der Waals surface area contributed by atoms with Gasteiger partial charge in [0.1, 0.15) is 60.3 Å². The summed E-state index contributed by atoms with van der Waals surface area (Å²) in [4.78, 5) is 59.4. The number of nitrogens with two attached hydrogens (primary N) is 2. The number of rotatable bonds is 8. The highest BCUT2D eigenvalue weighted by molar-refractivity contribution is 7.46. The van der Waals surface area contributed by atoms with E-state index in [1.807, 2.05) is 0 Å². The second-order valence-corrected chi connectivity index (χ2v) is 12.1. The van der Waals surface area contributed by atoms with Gasteiger partial charge in [0, 0.05) is 0 Å². The van der Waals surface area contributed by atoms with Crippen LogP contribution in [0.1, 0.15) is 12.5 Å². The van der Waals surface area contributed by atoms with Gasteiger partial charge in [-0.25, -0.2) is 39.0 Å². The Labute approximate surface area is 255 Å². The van der Waals surface area contributed by atoms with E-state index in [1.165, 1.54) is 34.4 Å². The fraction of sp³-hybridized carbons (Fsp3) is 0.500. The number of aliphatic hydroxyl groups excluding tert-OH is 4. The van der Waals surface area contributed by atoms with Gasteiger partial charge in [-0.2, -0.15) is 0 Å². The van der Waals surface area contributed by atoms with Crippen LogP contribution in [0.25, 0.3) is 22.3 Å². The quantitative estimate of drug-likeness (QED) is 0.0792. The Hall–Kier alpha value is -3.32. The molecule has 6 rings (SSSR count). The molecule has 6 heterocycles.